The van der Waals surface area contributed by atoms with Crippen LogP contribution in [0.25, 0.3) is 0 Å². The molecule has 0 aromatic heterocycles. The molecule has 8 heteroatoms. The molecule has 0 bridgehead atoms. The van der Waals surface area contributed by atoms with Crippen molar-refractivity contribution in [3.05, 3.63) is 23.8 Å². The molecule has 1 rings (SSSR count). The monoisotopic (exact) mass is 269 g/mol. The van der Waals surface area contributed by atoms with Crippen LogP contribution in [0.4, 0.5) is 11.4 Å². The van der Waals surface area contributed by atoms with Crippen LogP contribution in [0.1, 0.15) is 17.3 Å². The molecule has 1 aromatic carbocycles. The average Bonchev–Trinajstić information content (AvgIpc) is 2.30. The molecule has 0 spiro atoms. The number of carboxylic acids is 1. The molecule has 0 aliphatic carbocycles. The number of hydrogen-bond acceptors (Lipinski definition) is 5. The van der Waals surface area contributed by atoms with Crippen molar-refractivity contribution in [1.82, 2.24) is 0 Å². The minimum Gasteiger partial charge on any atom is -0.478 e. The van der Waals surface area contributed by atoms with E-state index in [0.29, 0.717) is 0 Å². The third-order valence-corrected chi connectivity index (χ3v) is 3.74. The second kappa shape index (κ2) is 4.93. The molecule has 96 valence electrons. The van der Waals surface area contributed by atoms with E-state index in [9.17, 15) is 13.2 Å². The first kappa shape index (κ1) is 13.8. The number of nitrogen functional groups attached to an aromatic ring is 1. The Bertz CT molecular complexity index is 619. The number of nitriles is 1. The SMILES string of the molecule is CC(C#N)S(=O)(=O)Nc1ccc(C(=O)O)cc1N. The zero-order valence-corrected chi connectivity index (χ0v) is 10.2. The van der Waals surface area contributed by atoms with E-state index >= 15 is 0 Å². The Labute approximate surface area is 104 Å². The van der Waals surface area contributed by atoms with Gasteiger partial charge in [0.25, 0.3) is 0 Å². The van der Waals surface area contributed by atoms with E-state index in [1.807, 2.05) is 0 Å². The van der Waals surface area contributed by atoms with Crippen LogP contribution in [0.2, 0.25) is 0 Å². The van der Waals surface area contributed by atoms with Crippen LogP contribution in [0.3, 0.4) is 0 Å². The second-order valence-electron chi connectivity index (χ2n) is 3.53. The molecule has 4 N–H and O–H groups in total. The average molecular weight is 269 g/mol. The highest BCUT2D eigenvalue weighted by molar-refractivity contribution is 7.93. The number of sulfonamides is 1. The fourth-order valence-electron chi connectivity index (χ4n) is 1.10. The minimum atomic E-state index is -3.86. The number of anilines is 2. The minimum absolute atomic E-state index is 0.0244. The van der Waals surface area contributed by atoms with Gasteiger partial charge in [0.1, 0.15) is 0 Å². The molecular formula is C10H11N3O4S. The summed E-state index contributed by atoms with van der Waals surface area (Å²) in [5.74, 6) is -1.17. The van der Waals surface area contributed by atoms with E-state index in [1.165, 1.54) is 19.1 Å². The second-order valence-corrected chi connectivity index (χ2v) is 5.53. The van der Waals surface area contributed by atoms with E-state index in [4.69, 9.17) is 16.1 Å². The number of nitrogens with two attached hydrogens (primary N) is 1. The maximum absolute atomic E-state index is 11.6. The predicted octanol–water partition coefficient (Wildman–Crippen LogP) is 0.621. The van der Waals surface area contributed by atoms with Crippen molar-refractivity contribution in [3.63, 3.8) is 0 Å². The van der Waals surface area contributed by atoms with Crippen molar-refractivity contribution in [2.24, 2.45) is 0 Å². The Balaban J connectivity index is 3.08. The molecular weight excluding hydrogens is 258 g/mol. The first-order valence-corrected chi connectivity index (χ1v) is 6.36. The molecule has 0 fully saturated rings. The molecule has 7 nitrogen and oxygen atoms in total. The van der Waals surface area contributed by atoms with Gasteiger partial charge in [0.15, 0.2) is 5.25 Å². The summed E-state index contributed by atoms with van der Waals surface area (Å²) in [6.07, 6.45) is 0. The van der Waals surface area contributed by atoms with Crippen LogP contribution in [-0.2, 0) is 10.0 Å². The molecule has 18 heavy (non-hydrogen) atoms. The van der Waals surface area contributed by atoms with E-state index < -0.39 is 21.2 Å². The van der Waals surface area contributed by atoms with Crippen LogP contribution >= 0.6 is 0 Å². The van der Waals surface area contributed by atoms with E-state index in [0.717, 1.165) is 6.07 Å². The topological polar surface area (TPSA) is 133 Å². The zero-order chi connectivity index (χ0) is 13.9. The Morgan fingerprint density at radius 3 is 2.61 bits per heavy atom. The van der Waals surface area contributed by atoms with Crippen molar-refractivity contribution < 1.29 is 18.3 Å². The van der Waals surface area contributed by atoms with E-state index in [1.54, 1.807) is 6.07 Å². The normalized spacial score (nSPS) is 12.4. The van der Waals surface area contributed by atoms with Gasteiger partial charge in [-0.15, -0.1) is 0 Å². The highest BCUT2D eigenvalue weighted by atomic mass is 32.2. The molecule has 0 aliphatic rings. The molecule has 0 aliphatic heterocycles. The van der Waals surface area contributed by atoms with Gasteiger partial charge in [-0.3, -0.25) is 4.72 Å². The van der Waals surface area contributed by atoms with Gasteiger partial charge in [-0.25, -0.2) is 13.2 Å². The molecule has 1 atom stereocenters. The van der Waals surface area contributed by atoms with Gasteiger partial charge in [0.05, 0.1) is 23.0 Å². The Morgan fingerprint density at radius 2 is 2.17 bits per heavy atom. The third-order valence-electron chi connectivity index (χ3n) is 2.20. The zero-order valence-electron chi connectivity index (χ0n) is 9.41. The first-order valence-electron chi connectivity index (χ1n) is 4.82. The van der Waals surface area contributed by atoms with Crippen molar-refractivity contribution in [2.45, 2.75) is 12.2 Å². The van der Waals surface area contributed by atoms with Gasteiger partial charge in [-0.1, -0.05) is 0 Å². The Kier molecular flexibility index (Phi) is 3.78. The number of benzene rings is 1. The molecule has 1 aromatic rings. The van der Waals surface area contributed by atoms with Gasteiger partial charge >= 0.3 is 5.97 Å². The molecule has 0 saturated heterocycles. The van der Waals surface area contributed by atoms with Gasteiger partial charge < -0.3 is 10.8 Å². The maximum Gasteiger partial charge on any atom is 0.335 e. The first-order chi connectivity index (χ1) is 8.27. The molecule has 0 amide bonds. The maximum atomic E-state index is 11.6. The number of rotatable bonds is 4. The largest absolute Gasteiger partial charge is 0.478 e. The number of hydrogen-bond donors (Lipinski definition) is 3. The molecule has 0 heterocycles. The van der Waals surface area contributed by atoms with Gasteiger partial charge in [0.2, 0.25) is 10.0 Å². The van der Waals surface area contributed by atoms with Crippen LogP contribution < -0.4 is 10.5 Å². The molecule has 0 radical (unpaired) electrons. The van der Waals surface area contributed by atoms with Crippen LogP contribution in [-0.4, -0.2) is 24.7 Å². The molecule has 0 saturated carbocycles. The summed E-state index contributed by atoms with van der Waals surface area (Å²) in [5, 5.41) is 16.0. The predicted molar refractivity (Wildman–Crippen MR) is 65.4 cm³/mol. The van der Waals surface area contributed by atoms with Crippen LogP contribution in [0.15, 0.2) is 18.2 Å². The van der Waals surface area contributed by atoms with Crippen molar-refractivity contribution in [2.75, 3.05) is 10.5 Å². The summed E-state index contributed by atoms with van der Waals surface area (Å²) in [7, 11) is -3.86. The number of carboxylic acid groups (broad SMARTS) is 1. The Hall–Kier alpha value is -2.27. The van der Waals surface area contributed by atoms with Gasteiger partial charge in [-0.2, -0.15) is 5.26 Å². The van der Waals surface area contributed by atoms with Gasteiger partial charge in [0, 0.05) is 0 Å². The van der Waals surface area contributed by atoms with Crippen molar-refractivity contribution in [3.8, 4) is 6.07 Å². The summed E-state index contributed by atoms with van der Waals surface area (Å²) in [6.45, 7) is 1.23. The number of carbonyl (C=O) groups is 1. The number of nitrogens with zero attached hydrogens (tertiary/aromatic N) is 1. The fourth-order valence-corrected chi connectivity index (χ4v) is 1.91. The smallest absolute Gasteiger partial charge is 0.335 e. The lowest BCUT2D eigenvalue weighted by atomic mass is 10.2. The Morgan fingerprint density at radius 1 is 1.56 bits per heavy atom. The lowest BCUT2D eigenvalue weighted by molar-refractivity contribution is 0.0697. The number of nitrogens with one attached hydrogen (secondary N) is 1. The summed E-state index contributed by atoms with van der Waals surface area (Å²) in [6, 6.07) is 5.18. The highest BCUT2D eigenvalue weighted by Crippen LogP contribution is 2.22. The lowest BCUT2D eigenvalue weighted by Gasteiger charge is -2.11. The lowest BCUT2D eigenvalue weighted by Crippen LogP contribution is -2.24. The highest BCUT2D eigenvalue weighted by Gasteiger charge is 2.21. The summed E-state index contributed by atoms with van der Waals surface area (Å²) >= 11 is 0. The molecule has 1 unspecified atom stereocenters. The van der Waals surface area contributed by atoms with Crippen LogP contribution in [0, 0.1) is 11.3 Å². The van der Waals surface area contributed by atoms with Crippen LogP contribution in [0.5, 0.6) is 0 Å². The quantitative estimate of drug-likeness (QED) is 0.686. The standard InChI is InChI=1S/C10H11N3O4S/c1-6(5-11)18(16,17)13-9-3-2-7(10(14)15)4-8(9)12/h2-4,6,13H,12H2,1H3,(H,14,15). The fraction of sp³-hybridized carbons (Fsp3) is 0.200. The van der Waals surface area contributed by atoms with Gasteiger partial charge in [-0.05, 0) is 25.1 Å². The summed E-state index contributed by atoms with van der Waals surface area (Å²) in [4.78, 5) is 10.7. The summed E-state index contributed by atoms with van der Waals surface area (Å²) < 4.78 is 25.3. The third kappa shape index (κ3) is 2.89. The van der Waals surface area contributed by atoms with Crippen molar-refractivity contribution in [1.29, 1.82) is 5.26 Å². The summed E-state index contributed by atoms with van der Waals surface area (Å²) in [5.41, 5.74) is 5.50. The van der Waals surface area contributed by atoms with E-state index in [2.05, 4.69) is 4.72 Å². The van der Waals surface area contributed by atoms with Crippen molar-refractivity contribution >= 4 is 27.4 Å². The number of aromatic carboxylic acids is 1. The van der Waals surface area contributed by atoms with E-state index in [-0.39, 0.29) is 16.9 Å².